The average molecular weight is 270 g/mol. The molecule has 20 heavy (non-hydrogen) atoms. The summed E-state index contributed by atoms with van der Waals surface area (Å²) in [4.78, 5) is 4.28. The maximum atomic E-state index is 5.80. The number of nitrogens with two attached hydrogens (primary N) is 1. The molecule has 4 nitrogen and oxygen atoms in total. The van der Waals surface area contributed by atoms with Crippen molar-refractivity contribution in [3.05, 3.63) is 41.5 Å². The normalized spacial score (nSPS) is 13.1. The van der Waals surface area contributed by atoms with E-state index < -0.39 is 0 Å². The maximum Gasteiger partial charge on any atom is 0.240 e. The predicted octanol–water partition coefficient (Wildman–Crippen LogP) is 3.34. The van der Waals surface area contributed by atoms with Gasteiger partial charge < -0.3 is 15.2 Å². The minimum absolute atomic E-state index is 0.422. The SMILES string of the molecule is CCOc1nc(Oc2ccc3c(c2)CCC3)ccc1N. The number of pyridine rings is 1. The molecule has 0 bridgehead atoms. The van der Waals surface area contributed by atoms with Gasteiger partial charge in [0.1, 0.15) is 5.75 Å². The molecule has 1 aromatic carbocycles. The van der Waals surface area contributed by atoms with Crippen molar-refractivity contribution in [2.75, 3.05) is 12.3 Å². The molecule has 0 radical (unpaired) electrons. The van der Waals surface area contributed by atoms with E-state index >= 15 is 0 Å². The van der Waals surface area contributed by atoms with Crippen molar-refractivity contribution in [3.8, 4) is 17.5 Å². The maximum absolute atomic E-state index is 5.80. The van der Waals surface area contributed by atoms with Crippen LogP contribution in [0.2, 0.25) is 0 Å². The molecule has 0 saturated heterocycles. The minimum atomic E-state index is 0.422. The Morgan fingerprint density at radius 3 is 2.85 bits per heavy atom. The molecule has 1 aromatic heterocycles. The Bertz CT molecular complexity index is 626. The van der Waals surface area contributed by atoms with Gasteiger partial charge in [-0.1, -0.05) is 6.07 Å². The monoisotopic (exact) mass is 270 g/mol. The van der Waals surface area contributed by atoms with E-state index in [9.17, 15) is 0 Å². The molecule has 0 saturated carbocycles. The van der Waals surface area contributed by atoms with Crippen LogP contribution >= 0.6 is 0 Å². The lowest BCUT2D eigenvalue weighted by Gasteiger charge is -2.10. The molecular weight excluding hydrogens is 252 g/mol. The Labute approximate surface area is 118 Å². The molecule has 0 unspecified atom stereocenters. The van der Waals surface area contributed by atoms with Crippen LogP contribution in [-0.4, -0.2) is 11.6 Å². The Morgan fingerprint density at radius 2 is 2.00 bits per heavy atom. The Balaban J connectivity index is 1.82. The van der Waals surface area contributed by atoms with Gasteiger partial charge in [0.2, 0.25) is 11.8 Å². The fraction of sp³-hybridized carbons (Fsp3) is 0.312. The van der Waals surface area contributed by atoms with Gasteiger partial charge in [-0.15, -0.1) is 0 Å². The van der Waals surface area contributed by atoms with Gasteiger partial charge in [0.05, 0.1) is 12.3 Å². The van der Waals surface area contributed by atoms with Gasteiger partial charge >= 0.3 is 0 Å². The van der Waals surface area contributed by atoms with Crippen LogP contribution in [0.3, 0.4) is 0 Å². The molecule has 0 fully saturated rings. The molecule has 104 valence electrons. The molecule has 0 amide bonds. The third kappa shape index (κ3) is 2.54. The van der Waals surface area contributed by atoms with E-state index in [1.165, 1.54) is 24.0 Å². The smallest absolute Gasteiger partial charge is 0.240 e. The van der Waals surface area contributed by atoms with Crippen LogP contribution in [-0.2, 0) is 12.8 Å². The second-order valence-corrected chi connectivity index (χ2v) is 4.86. The van der Waals surface area contributed by atoms with E-state index in [0.29, 0.717) is 24.1 Å². The Morgan fingerprint density at radius 1 is 1.15 bits per heavy atom. The van der Waals surface area contributed by atoms with Gasteiger partial charge in [-0.3, -0.25) is 0 Å². The summed E-state index contributed by atoms with van der Waals surface area (Å²) in [6.07, 6.45) is 3.53. The lowest BCUT2D eigenvalue weighted by Crippen LogP contribution is -2.00. The number of hydrogen-bond donors (Lipinski definition) is 1. The van der Waals surface area contributed by atoms with E-state index in [4.69, 9.17) is 15.2 Å². The number of aromatic nitrogens is 1. The van der Waals surface area contributed by atoms with Crippen molar-refractivity contribution >= 4 is 5.69 Å². The van der Waals surface area contributed by atoms with Gasteiger partial charge in [0.15, 0.2) is 0 Å². The van der Waals surface area contributed by atoms with Crippen molar-refractivity contribution in [3.63, 3.8) is 0 Å². The number of rotatable bonds is 4. The van der Waals surface area contributed by atoms with Crippen molar-refractivity contribution in [1.82, 2.24) is 4.98 Å². The lowest BCUT2D eigenvalue weighted by molar-refractivity contribution is 0.323. The number of fused-ring (bicyclic) bond motifs is 1. The third-order valence-corrected chi connectivity index (χ3v) is 3.44. The number of nitrogen functional groups attached to an aromatic ring is 1. The van der Waals surface area contributed by atoms with Crippen molar-refractivity contribution in [2.45, 2.75) is 26.2 Å². The molecule has 1 aliphatic carbocycles. The van der Waals surface area contributed by atoms with E-state index in [0.717, 1.165) is 12.2 Å². The highest BCUT2D eigenvalue weighted by Gasteiger charge is 2.12. The van der Waals surface area contributed by atoms with Crippen LogP contribution in [0.25, 0.3) is 0 Å². The second-order valence-electron chi connectivity index (χ2n) is 4.86. The number of aryl methyl sites for hydroxylation is 2. The van der Waals surface area contributed by atoms with Gasteiger partial charge in [0, 0.05) is 6.07 Å². The fourth-order valence-corrected chi connectivity index (χ4v) is 2.48. The molecule has 2 aromatic rings. The standard InChI is InChI=1S/C16H18N2O2/c1-2-19-16-14(17)8-9-15(18-16)20-13-7-6-11-4-3-5-12(11)10-13/h6-10H,2-5,17H2,1H3. The van der Waals surface area contributed by atoms with Gasteiger partial charge in [-0.2, -0.15) is 4.98 Å². The zero-order valence-corrected chi connectivity index (χ0v) is 11.6. The third-order valence-electron chi connectivity index (χ3n) is 3.44. The molecule has 1 aliphatic rings. The zero-order valence-electron chi connectivity index (χ0n) is 11.6. The first kappa shape index (κ1) is 12.8. The van der Waals surface area contributed by atoms with E-state index in [-0.39, 0.29) is 0 Å². The Hall–Kier alpha value is -2.23. The molecule has 3 rings (SSSR count). The molecule has 0 spiro atoms. The number of hydrogen-bond acceptors (Lipinski definition) is 4. The van der Waals surface area contributed by atoms with E-state index in [1.54, 1.807) is 12.1 Å². The van der Waals surface area contributed by atoms with Crippen molar-refractivity contribution in [2.24, 2.45) is 0 Å². The highest BCUT2D eigenvalue weighted by molar-refractivity contribution is 5.50. The number of nitrogens with zero attached hydrogens (tertiary/aromatic N) is 1. The quantitative estimate of drug-likeness (QED) is 0.925. The zero-order chi connectivity index (χ0) is 13.9. The summed E-state index contributed by atoms with van der Waals surface area (Å²) in [6, 6.07) is 9.73. The van der Waals surface area contributed by atoms with Crippen LogP contribution < -0.4 is 15.2 Å². The molecule has 0 atom stereocenters. The van der Waals surface area contributed by atoms with Crippen LogP contribution in [0, 0.1) is 0 Å². The summed E-state index contributed by atoms with van der Waals surface area (Å²) in [5, 5.41) is 0. The van der Waals surface area contributed by atoms with Crippen LogP contribution in [0.5, 0.6) is 17.5 Å². The molecule has 0 aliphatic heterocycles. The number of benzene rings is 1. The highest BCUT2D eigenvalue weighted by atomic mass is 16.5. The van der Waals surface area contributed by atoms with Gasteiger partial charge in [0.25, 0.3) is 0 Å². The number of ether oxygens (including phenoxy) is 2. The molecule has 1 heterocycles. The summed E-state index contributed by atoms with van der Waals surface area (Å²) in [5.74, 6) is 1.73. The average Bonchev–Trinajstić information content (AvgIpc) is 2.90. The van der Waals surface area contributed by atoms with Crippen molar-refractivity contribution in [1.29, 1.82) is 0 Å². The summed E-state index contributed by atoms with van der Waals surface area (Å²) >= 11 is 0. The first-order valence-electron chi connectivity index (χ1n) is 6.95. The minimum Gasteiger partial charge on any atom is -0.476 e. The number of anilines is 1. The van der Waals surface area contributed by atoms with E-state index in [1.807, 2.05) is 13.0 Å². The van der Waals surface area contributed by atoms with Gasteiger partial charge in [-0.05, 0) is 55.5 Å². The summed E-state index contributed by atoms with van der Waals surface area (Å²) in [5.41, 5.74) is 9.13. The fourth-order valence-electron chi connectivity index (χ4n) is 2.48. The summed E-state index contributed by atoms with van der Waals surface area (Å²) in [6.45, 7) is 2.43. The van der Waals surface area contributed by atoms with E-state index in [2.05, 4.69) is 17.1 Å². The summed E-state index contributed by atoms with van der Waals surface area (Å²) < 4.78 is 11.2. The first-order chi connectivity index (χ1) is 9.76. The summed E-state index contributed by atoms with van der Waals surface area (Å²) in [7, 11) is 0. The first-order valence-corrected chi connectivity index (χ1v) is 6.95. The largest absolute Gasteiger partial charge is 0.476 e. The van der Waals surface area contributed by atoms with Crippen LogP contribution in [0.1, 0.15) is 24.5 Å². The topological polar surface area (TPSA) is 57.4 Å². The lowest BCUT2D eigenvalue weighted by atomic mass is 10.1. The van der Waals surface area contributed by atoms with Gasteiger partial charge in [-0.25, -0.2) is 0 Å². The molecular formula is C16H18N2O2. The van der Waals surface area contributed by atoms with Crippen LogP contribution in [0.15, 0.2) is 30.3 Å². The second kappa shape index (κ2) is 5.41. The molecule has 4 heteroatoms. The predicted molar refractivity (Wildman–Crippen MR) is 78.4 cm³/mol. The van der Waals surface area contributed by atoms with Crippen LogP contribution in [0.4, 0.5) is 5.69 Å². The van der Waals surface area contributed by atoms with Crippen molar-refractivity contribution < 1.29 is 9.47 Å². The highest BCUT2D eigenvalue weighted by Crippen LogP contribution is 2.30. The molecule has 2 N–H and O–H groups in total. The Kier molecular flexibility index (Phi) is 3.46.